The maximum Gasteiger partial charge on any atom is 0.323 e. The van der Waals surface area contributed by atoms with Gasteiger partial charge in [0.05, 0.1) is 23.3 Å². The normalized spacial score (nSPS) is 31.1. The summed E-state index contributed by atoms with van der Waals surface area (Å²) in [6.07, 6.45) is 2.89. The van der Waals surface area contributed by atoms with E-state index >= 15 is 0 Å². The van der Waals surface area contributed by atoms with Gasteiger partial charge in [-0.15, -0.1) is 11.3 Å². The predicted octanol–water partition coefficient (Wildman–Crippen LogP) is 1.37. The van der Waals surface area contributed by atoms with E-state index in [0.29, 0.717) is 74.5 Å². The molecule has 0 bridgehead atoms. The van der Waals surface area contributed by atoms with E-state index in [0.717, 1.165) is 37.8 Å². The lowest BCUT2D eigenvalue weighted by atomic mass is 9.74. The number of aliphatic hydroxyl groups excluding tert-OH is 2. The number of fused-ring (bicyclic) bond motifs is 3. The fraction of sp³-hybridized carbons (Fsp3) is 0.704. The zero-order valence-corrected chi connectivity index (χ0v) is 23.2. The Balaban J connectivity index is 1.17. The number of nitrogens with zero attached hydrogens (tertiary/aromatic N) is 7. The molecule has 4 fully saturated rings. The number of hydrogen-bond acceptors (Lipinski definition) is 12. The minimum absolute atomic E-state index is 0.144. The number of anilines is 3. The van der Waals surface area contributed by atoms with E-state index in [-0.39, 0.29) is 23.5 Å². The summed E-state index contributed by atoms with van der Waals surface area (Å²) in [6.45, 7) is 3.75. The van der Waals surface area contributed by atoms with E-state index in [2.05, 4.69) is 20.9 Å². The Morgan fingerprint density at radius 1 is 1.07 bits per heavy atom. The highest BCUT2D eigenvalue weighted by Crippen LogP contribution is 2.52. The molecule has 13 heteroatoms. The van der Waals surface area contributed by atoms with Gasteiger partial charge in [-0.25, -0.2) is 4.39 Å². The van der Waals surface area contributed by atoms with Crippen molar-refractivity contribution in [2.24, 2.45) is 0 Å². The fourth-order valence-electron chi connectivity index (χ4n) is 7.60. The molecule has 0 radical (unpaired) electrons. The number of aromatic nitrogens is 3. The average molecular weight is 571 g/mol. The topological polar surface area (TPSA) is 148 Å². The van der Waals surface area contributed by atoms with Crippen LogP contribution in [0.1, 0.15) is 54.5 Å². The van der Waals surface area contributed by atoms with Crippen molar-refractivity contribution < 1.29 is 19.3 Å². The quantitative estimate of drug-likeness (QED) is 0.479. The molecule has 7 rings (SSSR count). The van der Waals surface area contributed by atoms with Crippen LogP contribution in [0.3, 0.4) is 0 Å². The second-order valence-corrected chi connectivity index (χ2v) is 13.3. The molecule has 4 aliphatic heterocycles. The van der Waals surface area contributed by atoms with Crippen molar-refractivity contribution >= 4 is 28.2 Å². The van der Waals surface area contributed by atoms with Gasteiger partial charge in [-0.3, -0.25) is 4.90 Å². The van der Waals surface area contributed by atoms with Gasteiger partial charge in [0.2, 0.25) is 11.9 Å². The summed E-state index contributed by atoms with van der Waals surface area (Å²) in [7, 11) is 0. The van der Waals surface area contributed by atoms with Gasteiger partial charge in [0, 0.05) is 49.4 Å². The van der Waals surface area contributed by atoms with Crippen LogP contribution in [0.4, 0.5) is 21.3 Å². The van der Waals surface area contributed by atoms with Gasteiger partial charge in [0.1, 0.15) is 23.8 Å². The van der Waals surface area contributed by atoms with Gasteiger partial charge in [0.25, 0.3) is 0 Å². The van der Waals surface area contributed by atoms with E-state index < -0.39 is 18.4 Å². The number of nitrogen functional groups attached to an aromatic ring is 1. The molecule has 4 atom stereocenters. The number of ether oxygens (including phenoxy) is 1. The van der Waals surface area contributed by atoms with E-state index in [9.17, 15) is 19.9 Å². The first-order valence-corrected chi connectivity index (χ1v) is 15.1. The Bertz CT molecular complexity index is 1350. The highest BCUT2D eigenvalue weighted by molar-refractivity contribution is 7.16. The lowest BCUT2D eigenvalue weighted by Gasteiger charge is -2.48. The molecule has 1 spiro atoms. The third kappa shape index (κ3) is 4.19. The number of hydrogen-bond donors (Lipinski definition) is 3. The summed E-state index contributed by atoms with van der Waals surface area (Å²) >= 11 is 1.52. The number of halogens is 1. The van der Waals surface area contributed by atoms with Crippen LogP contribution in [0, 0.1) is 11.3 Å². The van der Waals surface area contributed by atoms with Crippen molar-refractivity contribution in [3.8, 4) is 12.1 Å². The van der Waals surface area contributed by atoms with E-state index in [1.165, 1.54) is 16.2 Å². The molecule has 1 aliphatic carbocycles. The number of nitrogens with two attached hydrogens (primary N) is 1. The maximum atomic E-state index is 14.3. The van der Waals surface area contributed by atoms with Crippen LogP contribution in [-0.2, 0) is 11.8 Å². The molecule has 40 heavy (non-hydrogen) atoms. The van der Waals surface area contributed by atoms with Crippen LogP contribution in [0.2, 0.25) is 0 Å². The highest BCUT2D eigenvalue weighted by atomic mass is 32.1. The van der Waals surface area contributed by atoms with Gasteiger partial charge in [-0.2, -0.15) is 20.2 Å². The minimum Gasteiger partial charge on any atom is -0.461 e. The van der Waals surface area contributed by atoms with Crippen molar-refractivity contribution in [2.45, 2.75) is 74.3 Å². The first-order chi connectivity index (χ1) is 19.3. The van der Waals surface area contributed by atoms with Gasteiger partial charge < -0.3 is 30.5 Å². The third-order valence-electron chi connectivity index (χ3n) is 9.64. The molecule has 4 N–H and O–H groups in total. The maximum absolute atomic E-state index is 14.3. The molecular weight excluding hydrogens is 535 g/mol. The molecular formula is C27H35FN8O3S. The van der Waals surface area contributed by atoms with Crippen molar-refractivity contribution in [1.29, 1.82) is 5.26 Å². The van der Waals surface area contributed by atoms with Crippen LogP contribution in [-0.4, -0.2) is 99.9 Å². The third-order valence-corrected chi connectivity index (χ3v) is 10.7. The number of β-amino-alcohol motifs (C(OH)–C–C–N with tert-alkyl or cyclic N) is 1. The van der Waals surface area contributed by atoms with Gasteiger partial charge in [-0.1, -0.05) is 0 Å². The highest BCUT2D eigenvalue weighted by Gasteiger charge is 2.52. The monoisotopic (exact) mass is 570 g/mol. The standard InChI is InChI=1S/C27H35FN8O3S/c28-16-9-27(5-2-8-36(27)11-16)15-39-25-32-23(34-7-1-3-18(37)19(38)12-34)31-24(33-25)35-13-26(14-35)6-4-20-21(26)17(10-29)22(30)40-20/h16,18-19,37-38H,1-9,11-15,30H2/t16-,18-,19+,27+/m1/s1. The second-order valence-electron chi connectivity index (χ2n) is 12.2. The summed E-state index contributed by atoms with van der Waals surface area (Å²) in [5, 5.41) is 31.0. The zero-order valence-electron chi connectivity index (χ0n) is 22.4. The second kappa shape index (κ2) is 9.65. The number of aryl methyl sites for hydroxylation is 1. The summed E-state index contributed by atoms with van der Waals surface area (Å²) in [6, 6.07) is 2.51. The Morgan fingerprint density at radius 2 is 1.88 bits per heavy atom. The largest absolute Gasteiger partial charge is 0.461 e. The van der Waals surface area contributed by atoms with Gasteiger partial charge in [0.15, 0.2) is 0 Å². The summed E-state index contributed by atoms with van der Waals surface area (Å²) in [4.78, 5) is 21.5. The molecule has 214 valence electrons. The fourth-order valence-corrected chi connectivity index (χ4v) is 8.74. The Morgan fingerprint density at radius 3 is 2.67 bits per heavy atom. The van der Waals surface area contributed by atoms with E-state index in [1.54, 1.807) is 0 Å². The zero-order chi connectivity index (χ0) is 27.6. The smallest absolute Gasteiger partial charge is 0.323 e. The summed E-state index contributed by atoms with van der Waals surface area (Å²) in [5.41, 5.74) is 7.38. The summed E-state index contributed by atoms with van der Waals surface area (Å²) in [5.74, 6) is 0.880. The van der Waals surface area contributed by atoms with E-state index in [4.69, 9.17) is 20.4 Å². The Labute approximate surface area is 236 Å². The minimum atomic E-state index is -0.907. The predicted molar refractivity (Wildman–Crippen MR) is 147 cm³/mol. The Hall–Kier alpha value is -2.79. The molecule has 0 amide bonds. The van der Waals surface area contributed by atoms with Gasteiger partial charge >= 0.3 is 6.01 Å². The molecule has 11 nitrogen and oxygen atoms in total. The molecule has 6 heterocycles. The number of aliphatic hydroxyl groups is 2. The first kappa shape index (κ1) is 26.1. The number of rotatable bonds is 5. The van der Waals surface area contributed by atoms with Gasteiger partial charge in [-0.05, 0) is 50.6 Å². The molecule has 0 saturated carbocycles. The van der Waals surface area contributed by atoms with Crippen molar-refractivity contribution in [3.63, 3.8) is 0 Å². The molecule has 2 aromatic rings. The SMILES string of the molecule is N#Cc1c(N)sc2c1C1(CC2)CN(c2nc(OC[C@@]34CCCN3C[C@H](F)C4)nc(N3CCC[C@@H](O)[C@@H](O)C3)n2)C1. The summed E-state index contributed by atoms with van der Waals surface area (Å²) < 4.78 is 20.6. The van der Waals surface area contributed by atoms with Crippen LogP contribution in [0.25, 0.3) is 0 Å². The Kier molecular flexibility index (Phi) is 6.30. The van der Waals surface area contributed by atoms with Crippen molar-refractivity contribution in [2.75, 3.05) is 61.4 Å². The van der Waals surface area contributed by atoms with Crippen LogP contribution < -0.4 is 20.3 Å². The molecule has 0 unspecified atom stereocenters. The average Bonchev–Trinajstić information content (AvgIpc) is 3.60. The molecule has 4 saturated heterocycles. The number of alkyl halides is 1. The van der Waals surface area contributed by atoms with E-state index in [1.807, 2.05) is 4.90 Å². The lowest BCUT2D eigenvalue weighted by molar-refractivity contribution is 0.0248. The molecule has 5 aliphatic rings. The number of nitriles is 1. The van der Waals surface area contributed by atoms with Crippen LogP contribution in [0.5, 0.6) is 6.01 Å². The number of thiophene rings is 1. The van der Waals surface area contributed by atoms with Crippen molar-refractivity contribution in [1.82, 2.24) is 19.9 Å². The van der Waals surface area contributed by atoms with Crippen LogP contribution in [0.15, 0.2) is 0 Å². The van der Waals surface area contributed by atoms with Crippen molar-refractivity contribution in [3.05, 3.63) is 16.0 Å². The van der Waals surface area contributed by atoms with Crippen LogP contribution >= 0.6 is 11.3 Å². The first-order valence-electron chi connectivity index (χ1n) is 14.2. The molecule has 2 aromatic heterocycles. The lowest BCUT2D eigenvalue weighted by Crippen LogP contribution is -2.59. The molecule has 0 aromatic carbocycles.